The van der Waals surface area contributed by atoms with Crippen LogP contribution in [-0.2, 0) is 11.3 Å². The van der Waals surface area contributed by atoms with E-state index >= 15 is 0 Å². The lowest BCUT2D eigenvalue weighted by Crippen LogP contribution is -2.41. The molecule has 1 fully saturated rings. The van der Waals surface area contributed by atoms with E-state index in [0.29, 0.717) is 5.88 Å². The number of rotatable bonds is 7. The van der Waals surface area contributed by atoms with Crippen LogP contribution in [0.4, 0.5) is 0 Å². The van der Waals surface area contributed by atoms with Crippen LogP contribution in [0.3, 0.4) is 0 Å². The molecule has 1 saturated heterocycles. The summed E-state index contributed by atoms with van der Waals surface area (Å²) in [7, 11) is 0. The third-order valence-electron chi connectivity index (χ3n) is 3.49. The summed E-state index contributed by atoms with van der Waals surface area (Å²) in [5.41, 5.74) is 1.36. The number of halogens is 1. The number of alkyl halides is 1. The number of hydrogen-bond acceptors (Lipinski definition) is 3. The maximum atomic E-state index is 5.91. The Morgan fingerprint density at radius 3 is 2.53 bits per heavy atom. The lowest BCUT2D eigenvalue weighted by molar-refractivity contribution is 0.0332. The average molecular weight is 283 g/mol. The summed E-state index contributed by atoms with van der Waals surface area (Å²) in [5, 5.41) is 0. The summed E-state index contributed by atoms with van der Waals surface area (Å²) >= 11 is 5.91. The minimum Gasteiger partial charge on any atom is -0.379 e. The first-order valence-corrected chi connectivity index (χ1v) is 7.54. The van der Waals surface area contributed by atoms with E-state index in [-0.39, 0.29) is 0 Å². The maximum Gasteiger partial charge on any atom is 0.0594 e. The van der Waals surface area contributed by atoms with Gasteiger partial charge in [0.1, 0.15) is 0 Å². The van der Waals surface area contributed by atoms with Gasteiger partial charge in [-0.3, -0.25) is 9.80 Å². The number of hydrogen-bond donors (Lipinski definition) is 0. The molecule has 106 valence electrons. The highest BCUT2D eigenvalue weighted by molar-refractivity contribution is 6.18. The normalized spacial score (nSPS) is 16.9. The standard InChI is InChI=1S/C15H23ClN2O/c16-6-7-18(14-15-4-2-1-3-5-15)9-8-17-10-12-19-13-11-17/h1-5H,6-14H2. The molecule has 0 aliphatic carbocycles. The van der Waals surface area contributed by atoms with Crippen molar-refractivity contribution in [1.29, 1.82) is 0 Å². The zero-order valence-corrected chi connectivity index (χ0v) is 12.2. The zero-order chi connectivity index (χ0) is 13.3. The molecular weight excluding hydrogens is 260 g/mol. The molecule has 0 spiro atoms. The molecule has 1 aliphatic heterocycles. The highest BCUT2D eigenvalue weighted by atomic mass is 35.5. The lowest BCUT2D eigenvalue weighted by atomic mass is 10.2. The summed E-state index contributed by atoms with van der Waals surface area (Å²) in [6.07, 6.45) is 0. The third kappa shape index (κ3) is 5.49. The van der Waals surface area contributed by atoms with Crippen molar-refractivity contribution in [3.05, 3.63) is 35.9 Å². The van der Waals surface area contributed by atoms with E-state index < -0.39 is 0 Å². The van der Waals surface area contributed by atoms with E-state index in [9.17, 15) is 0 Å². The largest absolute Gasteiger partial charge is 0.379 e. The number of ether oxygens (including phenoxy) is 1. The first-order valence-electron chi connectivity index (χ1n) is 7.01. The molecule has 0 N–H and O–H groups in total. The third-order valence-corrected chi connectivity index (χ3v) is 3.65. The van der Waals surface area contributed by atoms with E-state index in [0.717, 1.165) is 52.5 Å². The Labute approximate surface area is 121 Å². The van der Waals surface area contributed by atoms with Gasteiger partial charge in [0.15, 0.2) is 0 Å². The molecule has 0 bridgehead atoms. The van der Waals surface area contributed by atoms with Crippen LogP contribution in [0.25, 0.3) is 0 Å². The smallest absolute Gasteiger partial charge is 0.0594 e. The minimum absolute atomic E-state index is 0.690. The Morgan fingerprint density at radius 2 is 1.84 bits per heavy atom. The molecule has 19 heavy (non-hydrogen) atoms. The second-order valence-electron chi connectivity index (χ2n) is 4.90. The summed E-state index contributed by atoms with van der Waals surface area (Å²) < 4.78 is 5.37. The van der Waals surface area contributed by atoms with Crippen molar-refractivity contribution in [2.24, 2.45) is 0 Å². The van der Waals surface area contributed by atoms with Gasteiger partial charge >= 0.3 is 0 Å². The fourth-order valence-electron chi connectivity index (χ4n) is 2.34. The topological polar surface area (TPSA) is 15.7 Å². The summed E-state index contributed by atoms with van der Waals surface area (Å²) in [4.78, 5) is 4.90. The zero-order valence-electron chi connectivity index (χ0n) is 11.4. The van der Waals surface area contributed by atoms with Crippen molar-refractivity contribution in [1.82, 2.24) is 9.80 Å². The van der Waals surface area contributed by atoms with Crippen molar-refractivity contribution in [2.75, 3.05) is 51.8 Å². The first kappa shape index (κ1) is 14.8. The van der Waals surface area contributed by atoms with Gasteiger partial charge in [-0.15, -0.1) is 11.6 Å². The summed E-state index contributed by atoms with van der Waals surface area (Å²) in [6.45, 7) is 7.95. The highest BCUT2D eigenvalue weighted by Gasteiger charge is 2.12. The number of benzene rings is 1. The highest BCUT2D eigenvalue weighted by Crippen LogP contribution is 2.05. The van der Waals surface area contributed by atoms with E-state index in [1.807, 2.05) is 0 Å². The van der Waals surface area contributed by atoms with Gasteiger partial charge in [0.05, 0.1) is 13.2 Å². The summed E-state index contributed by atoms with van der Waals surface area (Å²) in [5.74, 6) is 0.690. The SMILES string of the molecule is ClCCN(CCN1CCOCC1)Cc1ccccc1. The van der Waals surface area contributed by atoms with Gasteiger partial charge < -0.3 is 4.74 Å². The first-order chi connectivity index (χ1) is 9.38. The van der Waals surface area contributed by atoms with Gasteiger partial charge in [0.25, 0.3) is 0 Å². The molecule has 0 unspecified atom stereocenters. The van der Waals surface area contributed by atoms with E-state index in [2.05, 4.69) is 40.1 Å². The molecule has 0 saturated carbocycles. The fourth-order valence-corrected chi connectivity index (χ4v) is 2.58. The predicted octanol–water partition coefficient (Wildman–Crippen LogP) is 2.06. The molecule has 1 heterocycles. The van der Waals surface area contributed by atoms with E-state index in [1.165, 1.54) is 5.56 Å². The maximum absolute atomic E-state index is 5.91. The molecule has 0 atom stereocenters. The van der Waals surface area contributed by atoms with Gasteiger partial charge in [-0.05, 0) is 5.56 Å². The molecule has 1 aromatic rings. The molecule has 0 aromatic heterocycles. The van der Waals surface area contributed by atoms with Crippen LogP contribution in [0.2, 0.25) is 0 Å². The molecular formula is C15H23ClN2O. The molecule has 1 aromatic carbocycles. The van der Waals surface area contributed by atoms with Crippen LogP contribution in [0.15, 0.2) is 30.3 Å². The Bertz CT molecular complexity index is 341. The Balaban J connectivity index is 1.78. The Hall–Kier alpha value is -0.610. The van der Waals surface area contributed by atoms with Gasteiger partial charge in [-0.25, -0.2) is 0 Å². The monoisotopic (exact) mass is 282 g/mol. The van der Waals surface area contributed by atoms with Gasteiger partial charge in [0, 0.05) is 45.1 Å². The van der Waals surface area contributed by atoms with Crippen LogP contribution in [0.1, 0.15) is 5.56 Å². The second-order valence-corrected chi connectivity index (χ2v) is 5.28. The van der Waals surface area contributed by atoms with Crippen molar-refractivity contribution in [3.63, 3.8) is 0 Å². The molecule has 4 heteroatoms. The predicted molar refractivity (Wildman–Crippen MR) is 79.7 cm³/mol. The quantitative estimate of drug-likeness (QED) is 0.712. The molecule has 2 rings (SSSR count). The average Bonchev–Trinajstić information content (AvgIpc) is 2.47. The van der Waals surface area contributed by atoms with Crippen LogP contribution < -0.4 is 0 Å². The van der Waals surface area contributed by atoms with E-state index in [4.69, 9.17) is 16.3 Å². The Kier molecular flexibility index (Phi) is 6.65. The van der Waals surface area contributed by atoms with Crippen LogP contribution in [0.5, 0.6) is 0 Å². The van der Waals surface area contributed by atoms with Crippen LogP contribution in [0, 0.1) is 0 Å². The van der Waals surface area contributed by atoms with Gasteiger partial charge in [-0.1, -0.05) is 30.3 Å². The molecule has 0 radical (unpaired) electrons. The van der Waals surface area contributed by atoms with Crippen LogP contribution >= 0.6 is 11.6 Å². The van der Waals surface area contributed by atoms with Crippen LogP contribution in [-0.4, -0.2) is 61.6 Å². The Morgan fingerprint density at radius 1 is 1.11 bits per heavy atom. The lowest BCUT2D eigenvalue weighted by Gasteiger charge is -2.29. The van der Waals surface area contributed by atoms with Gasteiger partial charge in [0.2, 0.25) is 0 Å². The minimum atomic E-state index is 0.690. The van der Waals surface area contributed by atoms with Crippen molar-refractivity contribution < 1.29 is 4.74 Å². The van der Waals surface area contributed by atoms with E-state index in [1.54, 1.807) is 0 Å². The van der Waals surface area contributed by atoms with Crippen molar-refractivity contribution in [2.45, 2.75) is 6.54 Å². The number of morpholine rings is 1. The molecule has 0 amide bonds. The second kappa shape index (κ2) is 8.54. The molecule has 1 aliphatic rings. The van der Waals surface area contributed by atoms with Gasteiger partial charge in [-0.2, -0.15) is 0 Å². The van der Waals surface area contributed by atoms with Crippen molar-refractivity contribution in [3.8, 4) is 0 Å². The summed E-state index contributed by atoms with van der Waals surface area (Å²) in [6, 6.07) is 10.6. The number of nitrogens with zero attached hydrogens (tertiary/aromatic N) is 2. The molecule has 3 nitrogen and oxygen atoms in total. The fraction of sp³-hybridized carbons (Fsp3) is 0.600. The van der Waals surface area contributed by atoms with Crippen molar-refractivity contribution >= 4 is 11.6 Å².